The first-order chi connectivity index (χ1) is 37.3. The van der Waals surface area contributed by atoms with Gasteiger partial charge < -0.3 is 29.5 Å². The number of benzene rings is 2. The summed E-state index contributed by atoms with van der Waals surface area (Å²) in [6.07, 6.45) is -4.31. The number of carbonyl (C=O) groups is 4. The summed E-state index contributed by atoms with van der Waals surface area (Å²) in [4.78, 5) is 62.9. The summed E-state index contributed by atoms with van der Waals surface area (Å²) in [5.41, 5.74) is -1.45. The van der Waals surface area contributed by atoms with E-state index in [0.29, 0.717) is 48.7 Å². The lowest BCUT2D eigenvalue weighted by Gasteiger charge is -2.47. The summed E-state index contributed by atoms with van der Waals surface area (Å²) in [6.45, 7) is 1.41. The number of rotatable bonds is 22. The Bertz CT molecular complexity index is 2820. The molecule has 0 radical (unpaired) electrons. The Kier molecular flexibility index (Phi) is 19.1. The van der Waals surface area contributed by atoms with E-state index in [4.69, 9.17) is 14.5 Å². The summed E-state index contributed by atoms with van der Waals surface area (Å²) in [7, 11) is 1.92. The van der Waals surface area contributed by atoms with Gasteiger partial charge in [0, 0.05) is 84.7 Å². The Hall–Kier alpha value is -6.68. The van der Waals surface area contributed by atoms with Crippen LogP contribution in [0.2, 0.25) is 0 Å². The average Bonchev–Trinajstić information content (AvgIpc) is 3.98. The van der Waals surface area contributed by atoms with Crippen LogP contribution in [-0.4, -0.2) is 144 Å². The molecule has 3 aliphatic heterocycles. The number of methoxy groups -OCH3 is 2. The SMILES string of the molecule is COC(=O)C[C@H](C(=O)NN(Cc1c(F)cc(-c2cnn(C(F)F)c2)cc1F)C[C@H](O)[C@@H](CC(=O)[C@@H](NC(=O)OC)C(C)(C)C(F)(F)F)Cc1ccc(C#Cc2ccc(N3CC4CCC(C3)N4C3COC3)nc2)cc1)C(C)(C)CF. The van der Waals surface area contributed by atoms with Crippen molar-refractivity contribution in [1.29, 1.82) is 0 Å². The second kappa shape index (κ2) is 25.2. The van der Waals surface area contributed by atoms with Crippen LogP contribution in [-0.2, 0) is 41.6 Å². The Labute approximate surface area is 452 Å². The van der Waals surface area contributed by atoms with Gasteiger partial charge in [0.15, 0.2) is 5.78 Å². The zero-order chi connectivity index (χ0) is 57.6. The largest absolute Gasteiger partial charge is 0.469 e. The van der Waals surface area contributed by atoms with E-state index in [-0.39, 0.29) is 22.2 Å². The van der Waals surface area contributed by atoms with Crippen molar-refractivity contribution in [1.82, 2.24) is 35.4 Å². The molecule has 16 nitrogen and oxygen atoms in total. The predicted octanol–water partition coefficient (Wildman–Crippen LogP) is 7.57. The molecular formula is C55H64F8N8O8. The third-order valence-corrected chi connectivity index (χ3v) is 15.2. The highest BCUT2D eigenvalue weighted by molar-refractivity contribution is 5.88. The summed E-state index contributed by atoms with van der Waals surface area (Å²) >= 11 is 0. The first-order valence-corrected chi connectivity index (χ1v) is 25.6. The Balaban J connectivity index is 1.16. The molecule has 5 heterocycles. The number of carbonyl (C=O) groups excluding carboxylic acids is 4. The highest BCUT2D eigenvalue weighted by Gasteiger charge is 2.56. The van der Waals surface area contributed by atoms with Gasteiger partial charge >= 0.3 is 24.8 Å². The van der Waals surface area contributed by atoms with Crippen molar-refractivity contribution in [3.05, 3.63) is 101 Å². The van der Waals surface area contributed by atoms with E-state index in [2.05, 4.69) is 36.9 Å². The normalized spacial score (nSPS) is 18.5. The molecule has 3 fully saturated rings. The minimum absolute atomic E-state index is 0.0837. The number of hydrogen-bond donors (Lipinski definition) is 3. The Morgan fingerprint density at radius 1 is 0.873 bits per heavy atom. The number of Topliss-reactive ketones (excluding diaryl/α,β-unsaturated/α-hetero) is 1. The predicted molar refractivity (Wildman–Crippen MR) is 271 cm³/mol. The molecule has 428 valence electrons. The number of piperazine rings is 1. The molecule has 7 rings (SSSR count). The molecule has 6 atom stereocenters. The third kappa shape index (κ3) is 14.4. The number of alkyl halides is 6. The summed E-state index contributed by atoms with van der Waals surface area (Å²) < 4.78 is 132. The average molecular weight is 1120 g/mol. The van der Waals surface area contributed by atoms with Gasteiger partial charge in [0.2, 0.25) is 5.91 Å². The van der Waals surface area contributed by atoms with Crippen LogP contribution in [0.25, 0.3) is 11.1 Å². The van der Waals surface area contributed by atoms with Crippen LogP contribution in [0.15, 0.2) is 67.1 Å². The summed E-state index contributed by atoms with van der Waals surface area (Å²) in [6, 6.07) is 11.0. The molecule has 2 bridgehead atoms. The second-order valence-corrected chi connectivity index (χ2v) is 21.5. The third-order valence-electron chi connectivity index (χ3n) is 15.2. The van der Waals surface area contributed by atoms with E-state index >= 15 is 8.78 Å². The molecule has 2 amide bonds. The number of aliphatic hydroxyl groups excluding tert-OH is 1. The van der Waals surface area contributed by atoms with Crippen LogP contribution >= 0.6 is 0 Å². The van der Waals surface area contributed by atoms with Crippen molar-refractivity contribution in [3.63, 3.8) is 0 Å². The number of aliphatic hydroxyl groups is 1. The molecule has 0 saturated carbocycles. The van der Waals surface area contributed by atoms with Gasteiger partial charge in [-0.1, -0.05) is 37.8 Å². The number of amides is 2. The number of alkyl carbamates (subject to hydrolysis) is 1. The van der Waals surface area contributed by atoms with E-state index in [0.717, 1.165) is 88.7 Å². The lowest BCUT2D eigenvalue weighted by atomic mass is 9.77. The Morgan fingerprint density at radius 3 is 2.04 bits per heavy atom. The highest BCUT2D eigenvalue weighted by Crippen LogP contribution is 2.42. The molecule has 3 aliphatic rings. The molecular weight excluding hydrogens is 1050 g/mol. The molecule has 79 heavy (non-hydrogen) atoms. The zero-order valence-corrected chi connectivity index (χ0v) is 44.5. The zero-order valence-electron chi connectivity index (χ0n) is 44.5. The fourth-order valence-corrected chi connectivity index (χ4v) is 10.2. The number of pyridine rings is 1. The molecule has 0 spiro atoms. The van der Waals surface area contributed by atoms with Gasteiger partial charge in [0.25, 0.3) is 0 Å². The lowest BCUT2D eigenvalue weighted by molar-refractivity contribution is -0.220. The first-order valence-electron chi connectivity index (χ1n) is 25.6. The van der Waals surface area contributed by atoms with E-state index in [9.17, 15) is 50.6 Å². The maximum absolute atomic E-state index is 16.1. The van der Waals surface area contributed by atoms with Crippen molar-refractivity contribution in [2.75, 3.05) is 58.6 Å². The fourth-order valence-electron chi connectivity index (χ4n) is 10.2. The van der Waals surface area contributed by atoms with Gasteiger partial charge in [-0.25, -0.2) is 28.3 Å². The minimum atomic E-state index is -5.07. The molecule has 3 N–H and O–H groups in total. The number of fused-ring (bicyclic) bond motifs is 2. The van der Waals surface area contributed by atoms with Gasteiger partial charge in [-0.2, -0.15) is 27.1 Å². The highest BCUT2D eigenvalue weighted by atomic mass is 19.4. The smallest absolute Gasteiger partial charge is 0.407 e. The first kappa shape index (κ1) is 60.0. The number of hydrazine groups is 1. The van der Waals surface area contributed by atoms with E-state index in [1.807, 2.05) is 17.4 Å². The summed E-state index contributed by atoms with van der Waals surface area (Å²) in [5, 5.41) is 18.5. The molecule has 2 aromatic carbocycles. The number of anilines is 1. The molecule has 3 saturated heterocycles. The van der Waals surface area contributed by atoms with Gasteiger partial charge in [-0.3, -0.25) is 29.1 Å². The van der Waals surface area contributed by atoms with Crippen LogP contribution in [0.1, 0.15) is 82.2 Å². The molecule has 2 aromatic heterocycles. The number of esters is 1. The molecule has 4 aromatic rings. The standard InChI is InChI=1S/C55H64F8N8O8/c1-53(2,31-56)42(21-48(74)77-5)50(75)67-69(27-41-43(57)18-35(19-44(41)58)37-23-65-70(24-37)51(59)60)28-46(73)36(20-45(72)49(66-52(76)78-6)54(3,4)55(61,62)63)17-33-10-7-32(8-11-33)9-12-34-13-16-47(64-22-34)68-25-38-14-15-39(26-68)71(38)40-29-79-30-40/h7-8,10-11,13,16,18-19,22-24,36,38-40,42,46,49,51,73H,14-15,17,20-21,25-31H2,1-6H3,(H,66,76)(H,67,75)/t36-,38?,39?,42-,46+,49-/m1/s1. The maximum Gasteiger partial charge on any atom is 0.407 e. The molecule has 0 aliphatic carbocycles. The van der Waals surface area contributed by atoms with Crippen molar-refractivity contribution in [3.8, 4) is 23.0 Å². The number of ether oxygens (including phenoxy) is 3. The fraction of sp³-hybridized carbons (Fsp3) is 0.527. The van der Waals surface area contributed by atoms with Gasteiger partial charge in [-0.15, -0.1) is 0 Å². The van der Waals surface area contributed by atoms with Gasteiger partial charge in [0.1, 0.15) is 23.5 Å². The van der Waals surface area contributed by atoms with Crippen LogP contribution in [0, 0.1) is 46.1 Å². The Morgan fingerprint density at radius 2 is 1.51 bits per heavy atom. The quantitative estimate of drug-likeness (QED) is 0.0304. The number of nitrogens with zero attached hydrogens (tertiary/aromatic N) is 6. The van der Waals surface area contributed by atoms with E-state index in [1.54, 1.807) is 30.5 Å². The lowest BCUT2D eigenvalue weighted by Crippen LogP contribution is -2.62. The monoisotopic (exact) mass is 1120 g/mol. The number of nitrogens with one attached hydrogen (secondary N) is 2. The number of halogens is 8. The molecule has 2 unspecified atom stereocenters. The summed E-state index contributed by atoms with van der Waals surface area (Å²) in [5.74, 6) is -1.54. The van der Waals surface area contributed by atoms with Crippen molar-refractivity contribution < 1.29 is 73.6 Å². The van der Waals surface area contributed by atoms with Crippen LogP contribution in [0.4, 0.5) is 45.7 Å². The van der Waals surface area contributed by atoms with E-state index < -0.39 is 121 Å². The topological polar surface area (TPSA) is 181 Å². The number of ketones is 1. The second-order valence-electron chi connectivity index (χ2n) is 21.5. The van der Waals surface area contributed by atoms with Crippen molar-refractivity contribution in [2.24, 2.45) is 22.7 Å². The molecule has 24 heteroatoms. The van der Waals surface area contributed by atoms with Crippen molar-refractivity contribution in [2.45, 2.75) is 109 Å². The number of aromatic nitrogens is 3. The van der Waals surface area contributed by atoms with Crippen LogP contribution < -0.4 is 15.6 Å². The maximum atomic E-state index is 16.1. The number of hydrogen-bond acceptors (Lipinski definition) is 13. The van der Waals surface area contributed by atoms with Crippen molar-refractivity contribution >= 4 is 29.6 Å². The van der Waals surface area contributed by atoms with Gasteiger partial charge in [0.05, 0.1) is 70.2 Å². The minimum Gasteiger partial charge on any atom is -0.469 e. The van der Waals surface area contributed by atoms with E-state index in [1.165, 1.54) is 13.8 Å². The van der Waals surface area contributed by atoms with Crippen LogP contribution in [0.3, 0.4) is 0 Å². The van der Waals surface area contributed by atoms with Gasteiger partial charge in [-0.05, 0) is 86.6 Å². The van der Waals surface area contributed by atoms with Crippen LogP contribution in [0.5, 0.6) is 0 Å².